The summed E-state index contributed by atoms with van der Waals surface area (Å²) in [5.74, 6) is 0. The molecule has 2 atom stereocenters. The molecule has 0 amide bonds. The van der Waals surface area contributed by atoms with E-state index in [4.69, 9.17) is 0 Å². The van der Waals surface area contributed by atoms with Crippen molar-refractivity contribution in [3.05, 3.63) is 0 Å². The molecule has 2 aliphatic heterocycles. The lowest BCUT2D eigenvalue weighted by atomic mass is 10.2. The Bertz CT molecular complexity index is 106. The summed E-state index contributed by atoms with van der Waals surface area (Å²) >= 11 is 0. The average molecular weight is 163 g/mol. The topological polar surface area (TPSA) is 15.3 Å². The molecule has 2 saturated heterocycles. The van der Waals surface area contributed by atoms with Crippen molar-refractivity contribution >= 4 is 12.4 Å². The van der Waals surface area contributed by atoms with Crippen molar-refractivity contribution in [1.82, 2.24) is 10.2 Å². The van der Waals surface area contributed by atoms with Gasteiger partial charge in [-0.15, -0.1) is 12.4 Å². The van der Waals surface area contributed by atoms with Crippen molar-refractivity contribution in [2.75, 3.05) is 20.1 Å². The Morgan fingerprint density at radius 1 is 1.20 bits per heavy atom. The number of halogens is 1. The number of fused-ring (bicyclic) bond motifs is 2. The molecule has 0 aliphatic carbocycles. The number of rotatable bonds is 0. The Labute approximate surface area is 68.4 Å². The third kappa shape index (κ3) is 1.44. The van der Waals surface area contributed by atoms with Crippen LogP contribution in [0.15, 0.2) is 0 Å². The van der Waals surface area contributed by atoms with Gasteiger partial charge in [0.25, 0.3) is 0 Å². The molecule has 2 aliphatic rings. The second kappa shape index (κ2) is 3.07. The molecule has 0 aromatic carbocycles. The predicted molar refractivity (Wildman–Crippen MR) is 44.7 cm³/mol. The number of hydrogen-bond acceptors (Lipinski definition) is 2. The van der Waals surface area contributed by atoms with Gasteiger partial charge in [0.05, 0.1) is 0 Å². The van der Waals surface area contributed by atoms with Crippen LogP contribution in [-0.2, 0) is 0 Å². The molecule has 0 saturated carbocycles. The van der Waals surface area contributed by atoms with E-state index in [1.807, 2.05) is 0 Å². The molecule has 0 aromatic rings. The van der Waals surface area contributed by atoms with Crippen LogP contribution in [0.1, 0.15) is 12.8 Å². The minimum absolute atomic E-state index is 0. The number of hydrogen-bond donors (Lipinski definition) is 1. The zero-order valence-electron chi connectivity index (χ0n) is 6.34. The monoisotopic (exact) mass is 162 g/mol. The van der Waals surface area contributed by atoms with Crippen LogP contribution in [0.4, 0.5) is 0 Å². The van der Waals surface area contributed by atoms with Gasteiger partial charge in [-0.2, -0.15) is 0 Å². The van der Waals surface area contributed by atoms with Gasteiger partial charge in [-0.05, 0) is 19.9 Å². The summed E-state index contributed by atoms with van der Waals surface area (Å²) in [5, 5.41) is 3.58. The summed E-state index contributed by atoms with van der Waals surface area (Å²) in [6.45, 7) is 2.52. The Kier molecular flexibility index (Phi) is 2.55. The van der Waals surface area contributed by atoms with Crippen molar-refractivity contribution < 1.29 is 0 Å². The van der Waals surface area contributed by atoms with Gasteiger partial charge < -0.3 is 10.2 Å². The fourth-order valence-corrected chi connectivity index (χ4v) is 2.02. The number of likely N-dealkylation sites (tertiary alicyclic amines) is 1. The maximum absolute atomic E-state index is 3.58. The number of piperazine rings is 1. The molecule has 10 heavy (non-hydrogen) atoms. The van der Waals surface area contributed by atoms with E-state index >= 15 is 0 Å². The summed E-state index contributed by atoms with van der Waals surface area (Å²) < 4.78 is 0. The summed E-state index contributed by atoms with van der Waals surface area (Å²) in [4.78, 5) is 2.43. The van der Waals surface area contributed by atoms with Crippen molar-refractivity contribution in [2.45, 2.75) is 24.9 Å². The molecule has 2 fully saturated rings. The van der Waals surface area contributed by atoms with Gasteiger partial charge >= 0.3 is 0 Å². The zero-order chi connectivity index (χ0) is 6.27. The fourth-order valence-electron chi connectivity index (χ4n) is 2.02. The largest absolute Gasteiger partial charge is 0.309 e. The molecule has 2 unspecified atom stereocenters. The SMILES string of the molecule is CN1CC2CCC(C1)N2.Cl. The minimum Gasteiger partial charge on any atom is -0.309 e. The van der Waals surface area contributed by atoms with Gasteiger partial charge in [0.15, 0.2) is 0 Å². The van der Waals surface area contributed by atoms with Crippen LogP contribution in [-0.4, -0.2) is 37.1 Å². The molecule has 2 heterocycles. The Balaban J connectivity index is 0.000000500. The number of nitrogens with one attached hydrogen (secondary N) is 1. The summed E-state index contributed by atoms with van der Waals surface area (Å²) in [7, 11) is 2.21. The smallest absolute Gasteiger partial charge is 0.0198 e. The van der Waals surface area contributed by atoms with E-state index < -0.39 is 0 Å². The van der Waals surface area contributed by atoms with Crippen LogP contribution in [0, 0.1) is 0 Å². The van der Waals surface area contributed by atoms with E-state index in [1.165, 1.54) is 25.9 Å². The highest BCUT2D eigenvalue weighted by molar-refractivity contribution is 5.85. The van der Waals surface area contributed by atoms with E-state index in [0.29, 0.717) is 0 Å². The van der Waals surface area contributed by atoms with Crippen LogP contribution in [0.3, 0.4) is 0 Å². The average Bonchev–Trinajstić information content (AvgIpc) is 2.11. The fraction of sp³-hybridized carbons (Fsp3) is 1.00. The Morgan fingerprint density at radius 2 is 1.70 bits per heavy atom. The minimum atomic E-state index is 0. The second-order valence-electron chi connectivity index (χ2n) is 3.36. The lowest BCUT2D eigenvalue weighted by Gasteiger charge is -2.29. The maximum atomic E-state index is 3.58. The van der Waals surface area contributed by atoms with Gasteiger partial charge in [0.1, 0.15) is 0 Å². The van der Waals surface area contributed by atoms with Gasteiger partial charge in [0.2, 0.25) is 0 Å². The molecule has 60 valence electrons. The molecule has 2 rings (SSSR count). The summed E-state index contributed by atoms with van der Waals surface area (Å²) in [6, 6.07) is 1.63. The highest BCUT2D eigenvalue weighted by Crippen LogP contribution is 2.18. The third-order valence-electron chi connectivity index (χ3n) is 2.40. The van der Waals surface area contributed by atoms with Gasteiger partial charge in [-0.1, -0.05) is 0 Å². The molecular formula is C7H15ClN2. The second-order valence-corrected chi connectivity index (χ2v) is 3.36. The molecule has 0 spiro atoms. The highest BCUT2D eigenvalue weighted by atomic mass is 35.5. The van der Waals surface area contributed by atoms with Gasteiger partial charge in [-0.3, -0.25) is 0 Å². The number of nitrogens with zero attached hydrogens (tertiary/aromatic N) is 1. The lowest BCUT2D eigenvalue weighted by Crippen LogP contribution is -2.49. The van der Waals surface area contributed by atoms with E-state index in [2.05, 4.69) is 17.3 Å². The molecular weight excluding hydrogens is 148 g/mol. The maximum Gasteiger partial charge on any atom is 0.0198 e. The Hall–Kier alpha value is 0.210. The molecule has 2 nitrogen and oxygen atoms in total. The molecule has 0 aromatic heterocycles. The van der Waals surface area contributed by atoms with Crippen LogP contribution >= 0.6 is 12.4 Å². The van der Waals surface area contributed by atoms with E-state index in [1.54, 1.807) is 0 Å². The van der Waals surface area contributed by atoms with Crippen LogP contribution < -0.4 is 5.32 Å². The van der Waals surface area contributed by atoms with Crippen molar-refractivity contribution in [1.29, 1.82) is 0 Å². The normalized spacial score (nSPS) is 39.3. The first-order valence-corrected chi connectivity index (χ1v) is 3.79. The Morgan fingerprint density at radius 3 is 2.20 bits per heavy atom. The molecule has 1 N–H and O–H groups in total. The number of likely N-dealkylation sites (N-methyl/N-ethyl adjacent to an activating group) is 1. The van der Waals surface area contributed by atoms with Crippen LogP contribution in [0.2, 0.25) is 0 Å². The third-order valence-corrected chi connectivity index (χ3v) is 2.40. The first kappa shape index (κ1) is 8.31. The molecule has 2 bridgehead atoms. The predicted octanol–water partition coefficient (Wildman–Crippen LogP) is 0.474. The van der Waals surface area contributed by atoms with Crippen molar-refractivity contribution in [2.24, 2.45) is 0 Å². The quantitative estimate of drug-likeness (QED) is 0.558. The van der Waals surface area contributed by atoms with Crippen LogP contribution in [0.5, 0.6) is 0 Å². The van der Waals surface area contributed by atoms with E-state index in [0.717, 1.165) is 12.1 Å². The standard InChI is InChI=1S/C7H14N2.ClH/c1-9-4-6-2-3-7(5-9)8-6;/h6-8H,2-5H2,1H3;1H. The summed E-state index contributed by atoms with van der Waals surface area (Å²) in [5.41, 5.74) is 0. The lowest BCUT2D eigenvalue weighted by molar-refractivity contribution is 0.235. The van der Waals surface area contributed by atoms with Crippen molar-refractivity contribution in [3.8, 4) is 0 Å². The van der Waals surface area contributed by atoms with Crippen LogP contribution in [0.25, 0.3) is 0 Å². The summed E-state index contributed by atoms with van der Waals surface area (Å²) in [6.07, 6.45) is 2.80. The van der Waals surface area contributed by atoms with E-state index in [-0.39, 0.29) is 12.4 Å². The first-order valence-electron chi connectivity index (χ1n) is 3.79. The molecule has 3 heteroatoms. The highest BCUT2D eigenvalue weighted by Gasteiger charge is 2.29. The van der Waals surface area contributed by atoms with Crippen molar-refractivity contribution in [3.63, 3.8) is 0 Å². The first-order chi connectivity index (χ1) is 4.34. The van der Waals surface area contributed by atoms with E-state index in [9.17, 15) is 0 Å². The molecule has 0 radical (unpaired) electrons. The zero-order valence-corrected chi connectivity index (χ0v) is 7.16. The van der Waals surface area contributed by atoms with Gasteiger partial charge in [0, 0.05) is 25.2 Å². The van der Waals surface area contributed by atoms with Gasteiger partial charge in [-0.25, -0.2) is 0 Å².